The quantitative estimate of drug-likeness (QED) is 0.349. The smallest absolute Gasteiger partial charge is 0.142 e. The Hall–Kier alpha value is -1.94. The molecule has 27 heavy (non-hydrogen) atoms. The number of thiophene rings is 1. The van der Waals surface area contributed by atoms with Gasteiger partial charge in [0, 0.05) is 21.1 Å². The summed E-state index contributed by atoms with van der Waals surface area (Å²) in [7, 11) is 0. The molecule has 0 spiro atoms. The third-order valence-corrected chi connectivity index (χ3v) is 6.22. The van der Waals surface area contributed by atoms with Crippen LogP contribution >= 0.6 is 43.2 Å². The van der Waals surface area contributed by atoms with E-state index in [4.69, 9.17) is 4.74 Å². The van der Waals surface area contributed by atoms with Crippen LogP contribution in [0.1, 0.15) is 27.1 Å². The van der Waals surface area contributed by atoms with Gasteiger partial charge in [0.15, 0.2) is 0 Å². The molecule has 0 aliphatic rings. The maximum Gasteiger partial charge on any atom is 0.142 e. The average Bonchev–Trinajstić information content (AvgIpc) is 2.93. The van der Waals surface area contributed by atoms with Gasteiger partial charge >= 0.3 is 0 Å². The molecule has 3 rings (SSSR count). The summed E-state index contributed by atoms with van der Waals surface area (Å²) in [4.78, 5) is 5.68. The first-order chi connectivity index (χ1) is 13.0. The second kappa shape index (κ2) is 8.83. The predicted molar refractivity (Wildman–Crippen MR) is 118 cm³/mol. The molecular weight excluding hydrogens is 488 g/mol. The summed E-state index contributed by atoms with van der Waals surface area (Å²) in [6.07, 6.45) is 1.75. The van der Waals surface area contributed by atoms with Crippen molar-refractivity contribution in [1.82, 2.24) is 0 Å². The molecule has 0 unspecified atom stereocenters. The van der Waals surface area contributed by atoms with Crippen LogP contribution in [-0.4, -0.2) is 6.21 Å². The molecule has 0 saturated heterocycles. The molecule has 0 bridgehead atoms. The summed E-state index contributed by atoms with van der Waals surface area (Å²) in [5.74, 6) is 0.717. The molecule has 1 aromatic heterocycles. The first-order valence-corrected chi connectivity index (χ1v) is 10.6. The van der Waals surface area contributed by atoms with Gasteiger partial charge < -0.3 is 4.74 Å². The van der Waals surface area contributed by atoms with Crippen molar-refractivity contribution in [2.24, 2.45) is 4.99 Å². The first kappa shape index (κ1) is 19.8. The van der Waals surface area contributed by atoms with E-state index in [1.54, 1.807) is 6.21 Å². The zero-order chi connectivity index (χ0) is 19.4. The minimum atomic E-state index is 0.461. The van der Waals surface area contributed by atoms with Gasteiger partial charge in [0.1, 0.15) is 23.4 Å². The van der Waals surface area contributed by atoms with E-state index >= 15 is 0 Å². The fraction of sp³-hybridized carbons (Fsp3) is 0.143. The third kappa shape index (κ3) is 4.67. The minimum Gasteiger partial charge on any atom is -0.487 e. The third-order valence-electron chi connectivity index (χ3n) is 4.06. The number of rotatable bonds is 5. The summed E-state index contributed by atoms with van der Waals surface area (Å²) in [6.45, 7) is 4.42. The Bertz CT molecular complexity index is 1040. The summed E-state index contributed by atoms with van der Waals surface area (Å²) >= 11 is 8.62. The first-order valence-electron chi connectivity index (χ1n) is 8.19. The number of aryl methyl sites for hydroxylation is 1. The Kier molecular flexibility index (Phi) is 6.48. The lowest BCUT2D eigenvalue weighted by molar-refractivity contribution is 0.304. The number of nitrogens with zero attached hydrogens (tertiary/aromatic N) is 2. The number of benzene rings is 2. The second-order valence-corrected chi connectivity index (χ2v) is 8.89. The van der Waals surface area contributed by atoms with Gasteiger partial charge in [-0.3, -0.25) is 0 Å². The molecule has 0 radical (unpaired) electrons. The zero-order valence-corrected chi connectivity index (χ0v) is 18.8. The highest BCUT2D eigenvalue weighted by Crippen LogP contribution is 2.36. The summed E-state index contributed by atoms with van der Waals surface area (Å²) in [5, 5.41) is 10.1. The Morgan fingerprint density at radius 2 is 1.93 bits per heavy atom. The van der Waals surface area contributed by atoms with E-state index in [0.717, 1.165) is 35.5 Å². The van der Waals surface area contributed by atoms with Crippen molar-refractivity contribution in [3.05, 3.63) is 78.5 Å². The number of halogens is 2. The number of aliphatic imine (C=N–C) groups is 1. The van der Waals surface area contributed by atoms with Crippen molar-refractivity contribution in [2.75, 3.05) is 0 Å². The van der Waals surface area contributed by atoms with Crippen molar-refractivity contribution in [3.8, 4) is 11.8 Å². The van der Waals surface area contributed by atoms with Crippen LogP contribution in [0.3, 0.4) is 0 Å². The van der Waals surface area contributed by atoms with E-state index in [9.17, 15) is 5.26 Å². The van der Waals surface area contributed by atoms with Gasteiger partial charge in [-0.2, -0.15) is 5.26 Å². The van der Waals surface area contributed by atoms with E-state index in [2.05, 4.69) is 42.9 Å². The minimum absolute atomic E-state index is 0.461. The number of hydrogen-bond acceptors (Lipinski definition) is 4. The molecule has 3 nitrogen and oxygen atoms in total. The largest absolute Gasteiger partial charge is 0.487 e. The molecular formula is C21H16Br2N2OS. The predicted octanol–water partition coefficient (Wildman–Crippen LogP) is 7.09. The van der Waals surface area contributed by atoms with Gasteiger partial charge in [-0.15, -0.1) is 11.3 Å². The highest BCUT2D eigenvalue weighted by molar-refractivity contribution is 9.11. The maximum atomic E-state index is 9.41. The highest BCUT2D eigenvalue weighted by atomic mass is 79.9. The fourth-order valence-corrected chi connectivity index (χ4v) is 4.84. The molecule has 136 valence electrons. The molecule has 0 amide bonds. The molecule has 0 atom stereocenters. The van der Waals surface area contributed by atoms with Crippen LogP contribution in [-0.2, 0) is 6.61 Å². The summed E-state index contributed by atoms with van der Waals surface area (Å²) in [5.41, 5.74) is 3.55. The lowest BCUT2D eigenvalue weighted by Crippen LogP contribution is -1.99. The molecule has 6 heteroatoms. The van der Waals surface area contributed by atoms with Crippen LogP contribution in [0.5, 0.6) is 5.75 Å². The van der Waals surface area contributed by atoms with Crippen molar-refractivity contribution in [3.63, 3.8) is 0 Å². The lowest BCUT2D eigenvalue weighted by Gasteiger charge is -2.12. The van der Waals surface area contributed by atoms with E-state index in [0.29, 0.717) is 17.9 Å². The van der Waals surface area contributed by atoms with E-state index in [1.165, 1.54) is 11.3 Å². The number of nitriles is 1. The fourth-order valence-electron chi connectivity index (χ4n) is 2.52. The Morgan fingerprint density at radius 1 is 1.19 bits per heavy atom. The monoisotopic (exact) mass is 502 g/mol. The van der Waals surface area contributed by atoms with Crippen molar-refractivity contribution in [1.29, 1.82) is 5.26 Å². The van der Waals surface area contributed by atoms with Crippen molar-refractivity contribution >= 4 is 54.4 Å². The number of ether oxygens (including phenoxy) is 1. The SMILES string of the molecule is Cc1sc(N=Cc2cc(Br)cc(Br)c2OCc2ccccc2)c(C#N)c1C. The molecule has 0 N–H and O–H groups in total. The topological polar surface area (TPSA) is 45.4 Å². The van der Waals surface area contributed by atoms with E-state index in [1.807, 2.05) is 56.3 Å². The average molecular weight is 504 g/mol. The lowest BCUT2D eigenvalue weighted by atomic mass is 10.2. The van der Waals surface area contributed by atoms with Gasteiger partial charge in [0.25, 0.3) is 0 Å². The molecule has 0 aliphatic heterocycles. The van der Waals surface area contributed by atoms with Gasteiger partial charge in [-0.1, -0.05) is 46.3 Å². The normalized spacial score (nSPS) is 10.9. The van der Waals surface area contributed by atoms with Crippen LogP contribution < -0.4 is 4.74 Å². The molecule has 0 saturated carbocycles. The highest BCUT2D eigenvalue weighted by Gasteiger charge is 2.13. The standard InChI is InChI=1S/C21H16Br2N2OS/c1-13-14(2)27-21(18(13)10-24)25-11-16-8-17(22)9-19(23)20(16)26-12-15-6-4-3-5-7-15/h3-9,11H,12H2,1-2H3. The molecule has 0 fully saturated rings. The van der Waals surface area contributed by atoms with Gasteiger partial charge in [0.05, 0.1) is 10.0 Å². The van der Waals surface area contributed by atoms with Crippen molar-refractivity contribution < 1.29 is 4.74 Å². The van der Waals surface area contributed by atoms with Crippen LogP contribution in [0, 0.1) is 25.2 Å². The van der Waals surface area contributed by atoms with Crippen molar-refractivity contribution in [2.45, 2.75) is 20.5 Å². The van der Waals surface area contributed by atoms with Crippen LogP contribution in [0.15, 0.2) is 56.4 Å². The van der Waals surface area contributed by atoms with Gasteiger partial charge in [0.2, 0.25) is 0 Å². The second-order valence-electron chi connectivity index (χ2n) is 5.91. The molecule has 2 aromatic carbocycles. The zero-order valence-electron chi connectivity index (χ0n) is 14.8. The maximum absolute atomic E-state index is 9.41. The Morgan fingerprint density at radius 3 is 2.63 bits per heavy atom. The summed E-state index contributed by atoms with van der Waals surface area (Å²) in [6, 6.07) is 16.2. The van der Waals surface area contributed by atoms with E-state index in [-0.39, 0.29) is 0 Å². The summed E-state index contributed by atoms with van der Waals surface area (Å²) < 4.78 is 7.82. The molecule has 0 aliphatic carbocycles. The number of hydrogen-bond donors (Lipinski definition) is 0. The Labute approximate surface area is 179 Å². The van der Waals surface area contributed by atoms with Crippen LogP contribution in [0.25, 0.3) is 0 Å². The van der Waals surface area contributed by atoms with Crippen LogP contribution in [0.2, 0.25) is 0 Å². The van der Waals surface area contributed by atoms with Gasteiger partial charge in [-0.05, 0) is 53.0 Å². The Balaban J connectivity index is 1.93. The van der Waals surface area contributed by atoms with Gasteiger partial charge in [-0.25, -0.2) is 4.99 Å². The van der Waals surface area contributed by atoms with Crippen LogP contribution in [0.4, 0.5) is 5.00 Å². The molecule has 1 heterocycles. The van der Waals surface area contributed by atoms with E-state index < -0.39 is 0 Å². The molecule has 3 aromatic rings.